The lowest BCUT2D eigenvalue weighted by molar-refractivity contribution is -0.140. The van der Waals surface area contributed by atoms with E-state index in [0.717, 1.165) is 38.5 Å². The first kappa shape index (κ1) is 16.8. The molecule has 1 unspecified atom stereocenters. The molecule has 22 heavy (non-hydrogen) atoms. The maximum atomic E-state index is 12.7. The lowest BCUT2D eigenvalue weighted by Gasteiger charge is -2.35. The minimum Gasteiger partial charge on any atom is -0.481 e. The number of ether oxygens (including phenoxy) is 1. The van der Waals surface area contributed by atoms with Gasteiger partial charge < -0.3 is 14.5 Å². The monoisotopic (exact) mass is 304 g/mol. The molecule has 122 valence electrons. The molecule has 0 N–H and O–H groups in total. The van der Waals surface area contributed by atoms with Crippen LogP contribution >= 0.6 is 0 Å². The van der Waals surface area contributed by atoms with Gasteiger partial charge in [-0.25, -0.2) is 0 Å². The third-order valence-electron chi connectivity index (χ3n) is 4.53. The van der Waals surface area contributed by atoms with E-state index < -0.39 is 0 Å². The predicted octanol–water partition coefficient (Wildman–Crippen LogP) is 2.62. The number of rotatable bonds is 5. The van der Waals surface area contributed by atoms with E-state index in [9.17, 15) is 4.79 Å². The summed E-state index contributed by atoms with van der Waals surface area (Å²) in [5, 5.41) is 0. The first-order valence-corrected chi connectivity index (χ1v) is 8.30. The Morgan fingerprint density at radius 1 is 1.14 bits per heavy atom. The summed E-state index contributed by atoms with van der Waals surface area (Å²) in [4.78, 5) is 17.0. The standard InChI is InChI=1S/C18H28N2O2/c1-5-17(22-16-8-7-14(3)15(4)13-16)18(21)20-11-9-19(6-2)10-12-20/h7-8,13,17H,5-6,9-12H2,1-4H3. The minimum absolute atomic E-state index is 0.122. The van der Waals surface area contributed by atoms with Crippen LogP contribution in [-0.4, -0.2) is 54.5 Å². The lowest BCUT2D eigenvalue weighted by atomic mass is 10.1. The van der Waals surface area contributed by atoms with Crippen LogP contribution in [0.1, 0.15) is 31.4 Å². The maximum Gasteiger partial charge on any atom is 0.263 e. The van der Waals surface area contributed by atoms with Gasteiger partial charge in [0.1, 0.15) is 5.75 Å². The van der Waals surface area contributed by atoms with Gasteiger partial charge in [0, 0.05) is 26.2 Å². The first-order valence-electron chi connectivity index (χ1n) is 8.30. The summed E-state index contributed by atoms with van der Waals surface area (Å²) in [6.07, 6.45) is 0.315. The highest BCUT2D eigenvalue weighted by molar-refractivity contribution is 5.81. The molecular formula is C18H28N2O2. The second kappa shape index (κ2) is 7.63. The molecule has 0 saturated carbocycles. The molecule has 0 bridgehead atoms. The van der Waals surface area contributed by atoms with Crippen molar-refractivity contribution in [3.63, 3.8) is 0 Å². The second-order valence-corrected chi connectivity index (χ2v) is 6.02. The van der Waals surface area contributed by atoms with Crippen molar-refractivity contribution in [2.45, 2.75) is 40.2 Å². The van der Waals surface area contributed by atoms with E-state index >= 15 is 0 Å². The summed E-state index contributed by atoms with van der Waals surface area (Å²) in [6.45, 7) is 12.9. The van der Waals surface area contributed by atoms with Crippen LogP contribution in [0.4, 0.5) is 0 Å². The topological polar surface area (TPSA) is 32.8 Å². The predicted molar refractivity (Wildman–Crippen MR) is 89.3 cm³/mol. The van der Waals surface area contributed by atoms with Crippen molar-refractivity contribution in [2.75, 3.05) is 32.7 Å². The summed E-state index contributed by atoms with van der Waals surface area (Å²) in [6, 6.07) is 6.01. The van der Waals surface area contributed by atoms with Crippen molar-refractivity contribution >= 4 is 5.91 Å². The average molecular weight is 304 g/mol. The molecule has 1 aromatic rings. The van der Waals surface area contributed by atoms with Crippen molar-refractivity contribution in [1.29, 1.82) is 0 Å². The van der Waals surface area contributed by atoms with Crippen LogP contribution in [0.25, 0.3) is 0 Å². The summed E-state index contributed by atoms with van der Waals surface area (Å²) >= 11 is 0. The normalized spacial score (nSPS) is 17.4. The molecule has 1 aliphatic heterocycles. The van der Waals surface area contributed by atoms with Gasteiger partial charge in [0.05, 0.1) is 0 Å². The van der Waals surface area contributed by atoms with Gasteiger partial charge >= 0.3 is 0 Å². The number of nitrogens with zero attached hydrogens (tertiary/aromatic N) is 2. The first-order chi connectivity index (χ1) is 10.5. The van der Waals surface area contributed by atoms with Crippen LogP contribution in [0.3, 0.4) is 0 Å². The summed E-state index contributed by atoms with van der Waals surface area (Å²) < 4.78 is 5.96. The minimum atomic E-state index is -0.379. The van der Waals surface area contributed by atoms with Crippen molar-refractivity contribution < 1.29 is 9.53 Å². The van der Waals surface area contributed by atoms with E-state index in [1.54, 1.807) is 0 Å². The number of hydrogen-bond acceptors (Lipinski definition) is 3. The number of aryl methyl sites for hydroxylation is 2. The van der Waals surface area contributed by atoms with Crippen LogP contribution in [-0.2, 0) is 4.79 Å². The second-order valence-electron chi connectivity index (χ2n) is 6.02. The fourth-order valence-corrected chi connectivity index (χ4v) is 2.75. The molecular weight excluding hydrogens is 276 g/mol. The zero-order valence-corrected chi connectivity index (χ0v) is 14.3. The smallest absolute Gasteiger partial charge is 0.263 e. The van der Waals surface area contributed by atoms with Gasteiger partial charge in [-0.15, -0.1) is 0 Å². The highest BCUT2D eigenvalue weighted by atomic mass is 16.5. The third-order valence-corrected chi connectivity index (χ3v) is 4.53. The third kappa shape index (κ3) is 4.01. The summed E-state index contributed by atoms with van der Waals surface area (Å²) in [7, 11) is 0. The molecule has 1 atom stereocenters. The van der Waals surface area contributed by atoms with E-state index in [1.807, 2.05) is 30.0 Å². The van der Waals surface area contributed by atoms with Gasteiger partial charge in [-0.3, -0.25) is 4.79 Å². The molecule has 2 rings (SSSR count). The van der Waals surface area contributed by atoms with Crippen molar-refractivity contribution in [2.24, 2.45) is 0 Å². The van der Waals surface area contributed by atoms with Gasteiger partial charge in [0.15, 0.2) is 6.10 Å². The number of likely N-dealkylation sites (N-methyl/N-ethyl adjacent to an activating group) is 1. The highest BCUT2D eigenvalue weighted by Crippen LogP contribution is 2.19. The molecule has 1 fully saturated rings. The Balaban J connectivity index is 1.98. The van der Waals surface area contributed by atoms with Gasteiger partial charge in [-0.05, 0) is 50.1 Å². The Morgan fingerprint density at radius 3 is 2.36 bits per heavy atom. The molecule has 1 aliphatic rings. The van der Waals surface area contributed by atoms with Crippen LogP contribution in [0.2, 0.25) is 0 Å². The van der Waals surface area contributed by atoms with E-state index in [2.05, 4.69) is 25.7 Å². The molecule has 1 heterocycles. The van der Waals surface area contributed by atoms with Gasteiger partial charge in [-0.2, -0.15) is 0 Å². The molecule has 1 amide bonds. The number of benzene rings is 1. The molecule has 0 radical (unpaired) electrons. The molecule has 0 aromatic heterocycles. The number of amides is 1. The molecule has 0 spiro atoms. The fraction of sp³-hybridized carbons (Fsp3) is 0.611. The van der Waals surface area contributed by atoms with Gasteiger partial charge in [0.25, 0.3) is 5.91 Å². The molecule has 4 heteroatoms. The Labute approximate surface area is 134 Å². The van der Waals surface area contributed by atoms with Crippen LogP contribution in [0, 0.1) is 13.8 Å². The van der Waals surface area contributed by atoms with Crippen LogP contribution in [0.15, 0.2) is 18.2 Å². The quantitative estimate of drug-likeness (QED) is 0.838. The van der Waals surface area contributed by atoms with Gasteiger partial charge in [-0.1, -0.05) is 19.9 Å². The highest BCUT2D eigenvalue weighted by Gasteiger charge is 2.27. The van der Waals surface area contributed by atoms with E-state index in [1.165, 1.54) is 11.1 Å². The number of piperazine rings is 1. The van der Waals surface area contributed by atoms with E-state index in [-0.39, 0.29) is 12.0 Å². The SMILES string of the molecule is CCC(Oc1ccc(C)c(C)c1)C(=O)N1CCN(CC)CC1. The molecule has 0 aliphatic carbocycles. The van der Waals surface area contributed by atoms with Crippen molar-refractivity contribution in [3.05, 3.63) is 29.3 Å². The van der Waals surface area contributed by atoms with Crippen molar-refractivity contribution in [1.82, 2.24) is 9.80 Å². The summed E-state index contributed by atoms with van der Waals surface area (Å²) in [5.74, 6) is 0.909. The molecule has 1 saturated heterocycles. The van der Waals surface area contributed by atoms with Crippen LogP contribution in [0.5, 0.6) is 5.75 Å². The Morgan fingerprint density at radius 2 is 1.82 bits per heavy atom. The maximum absolute atomic E-state index is 12.7. The Bertz CT molecular complexity index is 508. The van der Waals surface area contributed by atoms with E-state index in [4.69, 9.17) is 4.74 Å². The Kier molecular flexibility index (Phi) is 5.83. The van der Waals surface area contributed by atoms with Gasteiger partial charge in [0.2, 0.25) is 0 Å². The number of hydrogen-bond donors (Lipinski definition) is 0. The average Bonchev–Trinajstić information content (AvgIpc) is 2.55. The fourth-order valence-electron chi connectivity index (χ4n) is 2.75. The van der Waals surface area contributed by atoms with E-state index in [0.29, 0.717) is 6.42 Å². The zero-order valence-electron chi connectivity index (χ0n) is 14.3. The number of carbonyl (C=O) groups excluding carboxylic acids is 1. The lowest BCUT2D eigenvalue weighted by Crippen LogP contribution is -2.52. The molecule has 1 aromatic carbocycles. The van der Waals surface area contributed by atoms with Crippen LogP contribution < -0.4 is 4.74 Å². The Hall–Kier alpha value is -1.55. The largest absolute Gasteiger partial charge is 0.481 e. The zero-order chi connectivity index (χ0) is 16.1. The molecule has 4 nitrogen and oxygen atoms in total. The van der Waals surface area contributed by atoms with Crippen molar-refractivity contribution in [3.8, 4) is 5.75 Å². The number of carbonyl (C=O) groups is 1. The summed E-state index contributed by atoms with van der Waals surface area (Å²) in [5.41, 5.74) is 2.43.